The Labute approximate surface area is 125 Å². The third-order valence-electron chi connectivity index (χ3n) is 4.15. The molecule has 0 spiro atoms. The van der Waals surface area contributed by atoms with Crippen molar-refractivity contribution in [3.63, 3.8) is 0 Å². The minimum Gasteiger partial charge on any atom is -0.456 e. The van der Waals surface area contributed by atoms with Gasteiger partial charge >= 0.3 is 0 Å². The Morgan fingerprint density at radius 1 is 1.32 bits per heavy atom. The number of fused-ring (bicyclic) bond motifs is 5. The molecule has 0 unspecified atom stereocenters. The number of hydrogen-bond donors (Lipinski definition) is 0. The number of carbonyl (C=O) groups is 1. The molecule has 0 fully saturated rings. The van der Waals surface area contributed by atoms with Gasteiger partial charge < -0.3 is 9.32 Å². The summed E-state index contributed by atoms with van der Waals surface area (Å²) in [6.07, 6.45) is 0.594. The van der Waals surface area contributed by atoms with E-state index < -0.39 is 4.92 Å². The number of rotatable bonds is 1. The van der Waals surface area contributed by atoms with Crippen LogP contribution in [0.4, 0.5) is 11.4 Å². The molecule has 0 saturated carbocycles. The molecule has 0 aliphatic carbocycles. The van der Waals surface area contributed by atoms with E-state index in [1.54, 1.807) is 0 Å². The van der Waals surface area contributed by atoms with Crippen LogP contribution < -0.4 is 4.90 Å². The van der Waals surface area contributed by atoms with Gasteiger partial charge in [0.05, 0.1) is 11.0 Å². The Morgan fingerprint density at radius 3 is 2.82 bits per heavy atom. The summed E-state index contributed by atoms with van der Waals surface area (Å²) in [6.45, 7) is 1.89. The van der Waals surface area contributed by atoms with E-state index in [2.05, 4.69) is 0 Å². The van der Waals surface area contributed by atoms with Crippen molar-refractivity contribution in [3.05, 3.63) is 46.0 Å². The Bertz CT molecular complexity index is 958. The second-order valence-electron chi connectivity index (χ2n) is 5.37. The van der Waals surface area contributed by atoms with Gasteiger partial charge in [0.15, 0.2) is 0 Å². The molecular weight excluding hydrogens is 284 g/mol. The summed E-state index contributed by atoms with van der Waals surface area (Å²) in [4.78, 5) is 24.2. The number of anilines is 1. The monoisotopic (exact) mass is 296 g/mol. The SMILES string of the molecule is CC(=O)N1CCc2c1c([N+](=O)[O-])cc1oc3ccccc3c21. The summed E-state index contributed by atoms with van der Waals surface area (Å²) in [5.74, 6) is -0.186. The standard InChI is InChI=1S/C16H12N2O4/c1-9(19)17-7-6-11-15-10-4-2-3-5-13(10)22-14(15)8-12(16(11)17)18(20)21/h2-5,8H,6-7H2,1H3. The van der Waals surface area contributed by atoms with Gasteiger partial charge in [0, 0.05) is 24.2 Å². The van der Waals surface area contributed by atoms with E-state index in [0.717, 1.165) is 16.3 Å². The van der Waals surface area contributed by atoms with Gasteiger partial charge in [-0.25, -0.2) is 0 Å². The largest absolute Gasteiger partial charge is 0.456 e. The lowest BCUT2D eigenvalue weighted by Crippen LogP contribution is -2.26. The van der Waals surface area contributed by atoms with Gasteiger partial charge in [-0.15, -0.1) is 0 Å². The van der Waals surface area contributed by atoms with Crippen molar-refractivity contribution in [2.45, 2.75) is 13.3 Å². The summed E-state index contributed by atoms with van der Waals surface area (Å²) < 4.78 is 5.76. The van der Waals surface area contributed by atoms with E-state index in [4.69, 9.17) is 4.42 Å². The zero-order valence-corrected chi connectivity index (χ0v) is 11.8. The average Bonchev–Trinajstić information content (AvgIpc) is 3.06. The van der Waals surface area contributed by atoms with E-state index in [-0.39, 0.29) is 11.6 Å². The summed E-state index contributed by atoms with van der Waals surface area (Å²) in [6, 6.07) is 8.97. The van der Waals surface area contributed by atoms with Crippen molar-refractivity contribution in [3.8, 4) is 0 Å². The molecule has 22 heavy (non-hydrogen) atoms. The van der Waals surface area contributed by atoms with Crippen LogP contribution in [0.3, 0.4) is 0 Å². The maximum absolute atomic E-state index is 11.8. The number of carbonyl (C=O) groups excluding carboxylic acids is 1. The predicted molar refractivity (Wildman–Crippen MR) is 82.1 cm³/mol. The highest BCUT2D eigenvalue weighted by Crippen LogP contribution is 2.45. The zero-order chi connectivity index (χ0) is 15.4. The third kappa shape index (κ3) is 1.57. The molecule has 0 bridgehead atoms. The molecule has 110 valence electrons. The lowest BCUT2D eigenvalue weighted by Gasteiger charge is -2.14. The predicted octanol–water partition coefficient (Wildman–Crippen LogP) is 3.40. The van der Waals surface area contributed by atoms with Gasteiger partial charge in [-0.1, -0.05) is 18.2 Å². The number of para-hydroxylation sites is 1. The number of amides is 1. The molecule has 1 aliphatic heterocycles. The molecule has 6 heteroatoms. The number of nitro benzene ring substituents is 1. The average molecular weight is 296 g/mol. The maximum atomic E-state index is 11.8. The van der Waals surface area contributed by atoms with Crippen molar-refractivity contribution in [2.24, 2.45) is 0 Å². The molecule has 0 atom stereocenters. The first-order valence-electron chi connectivity index (χ1n) is 6.97. The second-order valence-corrected chi connectivity index (χ2v) is 5.37. The number of nitro groups is 1. The molecule has 2 aromatic carbocycles. The Morgan fingerprint density at radius 2 is 2.09 bits per heavy atom. The molecule has 1 amide bonds. The van der Waals surface area contributed by atoms with Crippen LogP contribution in [0.25, 0.3) is 21.9 Å². The highest BCUT2D eigenvalue weighted by Gasteiger charge is 2.34. The summed E-state index contributed by atoms with van der Waals surface area (Å²) >= 11 is 0. The van der Waals surface area contributed by atoms with Crippen LogP contribution in [-0.4, -0.2) is 17.4 Å². The number of benzene rings is 2. The van der Waals surface area contributed by atoms with Crippen LogP contribution in [0.1, 0.15) is 12.5 Å². The van der Waals surface area contributed by atoms with Crippen molar-refractivity contribution in [1.29, 1.82) is 0 Å². The van der Waals surface area contributed by atoms with Crippen molar-refractivity contribution < 1.29 is 14.1 Å². The molecule has 0 N–H and O–H groups in total. The minimum atomic E-state index is -0.452. The van der Waals surface area contributed by atoms with E-state index in [0.29, 0.717) is 29.8 Å². The zero-order valence-electron chi connectivity index (χ0n) is 11.8. The third-order valence-corrected chi connectivity index (χ3v) is 4.15. The van der Waals surface area contributed by atoms with Crippen LogP contribution in [0.15, 0.2) is 34.7 Å². The van der Waals surface area contributed by atoms with Gasteiger partial charge in [0.25, 0.3) is 5.69 Å². The highest BCUT2D eigenvalue weighted by atomic mass is 16.6. The Balaban J connectivity index is 2.17. The molecule has 1 aliphatic rings. The fraction of sp³-hybridized carbons (Fsp3) is 0.188. The normalized spacial score (nSPS) is 13.8. The lowest BCUT2D eigenvalue weighted by molar-refractivity contribution is -0.384. The first-order valence-corrected chi connectivity index (χ1v) is 6.97. The number of furan rings is 1. The van der Waals surface area contributed by atoms with Gasteiger partial charge in [-0.05, 0) is 18.1 Å². The van der Waals surface area contributed by atoms with Gasteiger partial charge in [-0.2, -0.15) is 0 Å². The summed E-state index contributed by atoms with van der Waals surface area (Å²) in [7, 11) is 0. The van der Waals surface area contributed by atoms with E-state index in [1.807, 2.05) is 24.3 Å². The fourth-order valence-corrected chi connectivity index (χ4v) is 3.28. The van der Waals surface area contributed by atoms with Crippen molar-refractivity contribution in [2.75, 3.05) is 11.4 Å². The molecule has 0 radical (unpaired) electrons. The van der Waals surface area contributed by atoms with Crippen LogP contribution in [0, 0.1) is 10.1 Å². The molecule has 3 aromatic rings. The lowest BCUT2D eigenvalue weighted by atomic mass is 10.0. The van der Waals surface area contributed by atoms with E-state index in [1.165, 1.54) is 17.9 Å². The Kier molecular flexibility index (Phi) is 2.51. The van der Waals surface area contributed by atoms with Gasteiger partial charge in [0.1, 0.15) is 16.9 Å². The Hall–Kier alpha value is -2.89. The molecule has 0 saturated heterocycles. The number of nitrogens with zero attached hydrogens (tertiary/aromatic N) is 2. The smallest absolute Gasteiger partial charge is 0.297 e. The second kappa shape index (κ2) is 4.30. The van der Waals surface area contributed by atoms with Gasteiger partial charge in [-0.3, -0.25) is 14.9 Å². The number of hydrogen-bond acceptors (Lipinski definition) is 4. The highest BCUT2D eigenvalue weighted by molar-refractivity contribution is 6.12. The first kappa shape index (κ1) is 12.8. The topological polar surface area (TPSA) is 76.6 Å². The van der Waals surface area contributed by atoms with E-state index >= 15 is 0 Å². The maximum Gasteiger partial charge on any atom is 0.297 e. The first-order chi connectivity index (χ1) is 10.6. The van der Waals surface area contributed by atoms with Crippen LogP contribution in [0.2, 0.25) is 0 Å². The molecule has 2 heterocycles. The van der Waals surface area contributed by atoms with Crippen molar-refractivity contribution >= 4 is 39.2 Å². The van der Waals surface area contributed by atoms with Gasteiger partial charge in [0.2, 0.25) is 5.91 Å². The molecule has 6 nitrogen and oxygen atoms in total. The molecule has 4 rings (SSSR count). The van der Waals surface area contributed by atoms with Crippen LogP contribution >= 0.6 is 0 Å². The summed E-state index contributed by atoms with van der Waals surface area (Å²) in [5, 5.41) is 13.2. The minimum absolute atomic E-state index is 0.0748. The van der Waals surface area contributed by atoms with E-state index in [9.17, 15) is 14.9 Å². The summed E-state index contributed by atoms with van der Waals surface area (Å²) in [5.41, 5.74) is 2.36. The van der Waals surface area contributed by atoms with Crippen molar-refractivity contribution in [1.82, 2.24) is 0 Å². The van der Waals surface area contributed by atoms with Crippen LogP contribution in [0.5, 0.6) is 0 Å². The molecular formula is C16H12N2O4. The fourth-order valence-electron chi connectivity index (χ4n) is 3.28. The quantitative estimate of drug-likeness (QED) is 0.509. The van der Waals surface area contributed by atoms with Crippen LogP contribution in [-0.2, 0) is 11.2 Å². The molecule has 1 aromatic heterocycles.